The smallest absolute Gasteiger partial charge is 0.249 e. The Morgan fingerprint density at radius 1 is 0.397 bits per heavy atom. The van der Waals surface area contributed by atoms with Gasteiger partial charge in [-0.05, 0) is 97.7 Å². The number of hydrogen-bond acceptors (Lipinski definition) is 2. The molecule has 2 nitrogen and oxygen atoms in total. The van der Waals surface area contributed by atoms with Crippen LogP contribution in [-0.2, 0) is 5.41 Å². The number of nitrogens with zero attached hydrogens (tertiary/aromatic N) is 2. The van der Waals surface area contributed by atoms with Crippen LogP contribution in [0.3, 0.4) is 0 Å². The molecule has 1 aromatic heterocycles. The highest BCUT2D eigenvalue weighted by molar-refractivity contribution is 8.00. The number of anilines is 3. The second-order valence-corrected chi connectivity index (χ2v) is 20.4. The molecule has 0 radical (unpaired) electrons. The molecule has 11 aromatic rings. The van der Waals surface area contributed by atoms with Crippen molar-refractivity contribution in [3.8, 4) is 50.2 Å². The summed E-state index contributed by atoms with van der Waals surface area (Å²) in [7, 11) is 0. The van der Waals surface area contributed by atoms with Crippen molar-refractivity contribution in [2.75, 3.05) is 4.90 Å². The fourth-order valence-electron chi connectivity index (χ4n) is 10.9. The van der Waals surface area contributed by atoms with Crippen LogP contribution in [0.2, 0.25) is 0 Å². The predicted molar refractivity (Wildman–Crippen MR) is 291 cm³/mol. The molecular formula is C64H47BN2S. The van der Waals surface area contributed by atoms with E-state index in [1.54, 1.807) is 0 Å². The minimum absolute atomic E-state index is 0.00255. The van der Waals surface area contributed by atoms with Crippen LogP contribution in [0.1, 0.15) is 26.3 Å². The lowest BCUT2D eigenvalue weighted by molar-refractivity contribution is 0.591. The lowest BCUT2D eigenvalue weighted by Crippen LogP contribution is -2.60. The first-order valence-corrected chi connectivity index (χ1v) is 24.5. The van der Waals surface area contributed by atoms with Crippen molar-refractivity contribution in [2.24, 2.45) is 0 Å². The predicted octanol–water partition coefficient (Wildman–Crippen LogP) is 15.5. The van der Waals surface area contributed by atoms with E-state index >= 15 is 0 Å². The molecule has 0 fully saturated rings. The van der Waals surface area contributed by atoms with Crippen molar-refractivity contribution >= 4 is 73.7 Å². The van der Waals surface area contributed by atoms with Crippen LogP contribution >= 0.6 is 11.8 Å². The molecule has 0 atom stereocenters. The highest BCUT2D eigenvalue weighted by Crippen LogP contribution is 2.51. The third kappa shape index (κ3) is 6.58. The molecule has 0 saturated heterocycles. The molecule has 0 aliphatic carbocycles. The SMILES string of the molecule is CC(C)(C)c1ccc2c(c1)c1ccccc1n2-c1cc2c3c(c1)N(c1c(-c4ccccc4)cccc1-c1ccccc1)c1cc(-c4ccccc4)ccc1B3c1ccc(-c3ccccc3)cc1S2. The Morgan fingerprint density at radius 3 is 1.59 bits per heavy atom. The minimum Gasteiger partial charge on any atom is -0.310 e. The van der Waals surface area contributed by atoms with Gasteiger partial charge in [-0.3, -0.25) is 0 Å². The standard InChI is InChI=1S/C64H47BN2S/c1-64(2,3)48-33-36-57-53(39-48)52-27-16-17-30-56(52)66(57)49-40-59-62-61(41-49)68-60-38-47(43-21-10-5-11-22-43)32-35-55(60)65(62)54-34-31-46(42-19-8-4-9-20-42)37-58(54)67(59)63-50(44-23-12-6-13-24-44)28-18-29-51(63)45-25-14-7-15-26-45/h4-41H,1-3H3. The average Bonchev–Trinajstić information content (AvgIpc) is 3.72. The Labute approximate surface area is 403 Å². The number of aromatic nitrogens is 1. The maximum absolute atomic E-state index is 2.64. The van der Waals surface area contributed by atoms with Gasteiger partial charge in [0.25, 0.3) is 0 Å². The van der Waals surface area contributed by atoms with Gasteiger partial charge in [0.1, 0.15) is 0 Å². The quantitative estimate of drug-likeness (QED) is 0.154. The van der Waals surface area contributed by atoms with Crippen LogP contribution in [0.25, 0.3) is 72.0 Å². The Hall–Kier alpha value is -7.79. The molecule has 4 heteroatoms. The normalized spacial score (nSPS) is 12.8. The van der Waals surface area contributed by atoms with Crippen LogP contribution in [0.4, 0.5) is 17.1 Å². The average molecular weight is 887 g/mol. The van der Waals surface area contributed by atoms with E-state index in [2.05, 4.69) is 261 Å². The zero-order valence-corrected chi connectivity index (χ0v) is 39.1. The lowest BCUT2D eigenvalue weighted by Gasteiger charge is -2.42. The first kappa shape index (κ1) is 40.5. The van der Waals surface area contributed by atoms with E-state index in [4.69, 9.17) is 0 Å². The highest BCUT2D eigenvalue weighted by atomic mass is 32.2. The second-order valence-electron chi connectivity index (χ2n) is 19.3. The summed E-state index contributed by atoms with van der Waals surface area (Å²) in [5.41, 5.74) is 22.0. The molecule has 13 rings (SSSR count). The fraction of sp³-hybridized carbons (Fsp3) is 0.0625. The third-order valence-electron chi connectivity index (χ3n) is 14.2. The van der Waals surface area contributed by atoms with Crippen LogP contribution in [0.5, 0.6) is 0 Å². The van der Waals surface area contributed by atoms with Crippen LogP contribution in [0.15, 0.2) is 240 Å². The molecule has 322 valence electrons. The Balaban J connectivity index is 1.16. The molecule has 0 N–H and O–H groups in total. The number of fused-ring (bicyclic) bond motifs is 7. The molecule has 3 heterocycles. The summed E-state index contributed by atoms with van der Waals surface area (Å²) in [4.78, 5) is 5.21. The van der Waals surface area contributed by atoms with Gasteiger partial charge in [-0.1, -0.05) is 226 Å². The second kappa shape index (κ2) is 15.9. The molecular weight excluding hydrogens is 840 g/mol. The van der Waals surface area contributed by atoms with Gasteiger partial charge in [-0.2, -0.15) is 0 Å². The molecule has 2 aliphatic rings. The zero-order chi connectivity index (χ0) is 45.5. The lowest BCUT2D eigenvalue weighted by atomic mass is 9.34. The Morgan fingerprint density at radius 2 is 0.956 bits per heavy atom. The Kier molecular flexibility index (Phi) is 9.49. The number of rotatable bonds is 6. The molecule has 0 spiro atoms. The van der Waals surface area contributed by atoms with Crippen molar-refractivity contribution in [1.29, 1.82) is 0 Å². The van der Waals surface area contributed by atoms with Crippen molar-refractivity contribution < 1.29 is 0 Å². The first-order valence-electron chi connectivity index (χ1n) is 23.7. The summed E-state index contributed by atoms with van der Waals surface area (Å²) in [6.07, 6.45) is 0. The first-order chi connectivity index (χ1) is 33.4. The van der Waals surface area contributed by atoms with E-state index in [0.29, 0.717) is 0 Å². The summed E-state index contributed by atoms with van der Waals surface area (Å²) in [6.45, 7) is 6.93. The molecule has 0 bridgehead atoms. The van der Waals surface area contributed by atoms with Crippen molar-refractivity contribution in [1.82, 2.24) is 4.57 Å². The largest absolute Gasteiger partial charge is 0.310 e. The topological polar surface area (TPSA) is 8.17 Å². The van der Waals surface area contributed by atoms with Gasteiger partial charge in [0.05, 0.1) is 16.7 Å². The van der Waals surface area contributed by atoms with Gasteiger partial charge >= 0.3 is 0 Å². The van der Waals surface area contributed by atoms with E-state index in [9.17, 15) is 0 Å². The van der Waals surface area contributed by atoms with Gasteiger partial charge < -0.3 is 9.47 Å². The van der Waals surface area contributed by atoms with E-state index in [1.807, 2.05) is 11.8 Å². The van der Waals surface area contributed by atoms with E-state index in [0.717, 1.165) is 5.69 Å². The van der Waals surface area contributed by atoms with Gasteiger partial charge in [0, 0.05) is 48.8 Å². The van der Waals surface area contributed by atoms with Crippen molar-refractivity contribution in [3.05, 3.63) is 236 Å². The van der Waals surface area contributed by atoms with E-state index < -0.39 is 0 Å². The van der Waals surface area contributed by atoms with Crippen LogP contribution < -0.4 is 21.3 Å². The van der Waals surface area contributed by atoms with Gasteiger partial charge in [-0.25, -0.2) is 0 Å². The van der Waals surface area contributed by atoms with E-state index in [-0.39, 0.29) is 12.1 Å². The van der Waals surface area contributed by atoms with Crippen LogP contribution in [0, 0.1) is 0 Å². The Bertz CT molecular complexity index is 3680. The maximum atomic E-state index is 2.64. The van der Waals surface area contributed by atoms with Gasteiger partial charge in [-0.15, -0.1) is 0 Å². The summed E-state index contributed by atoms with van der Waals surface area (Å²) < 4.78 is 2.52. The molecule has 2 aliphatic heterocycles. The molecule has 0 unspecified atom stereocenters. The fourth-order valence-corrected chi connectivity index (χ4v) is 12.2. The van der Waals surface area contributed by atoms with Crippen molar-refractivity contribution in [2.45, 2.75) is 36.0 Å². The molecule has 0 saturated carbocycles. The zero-order valence-electron chi connectivity index (χ0n) is 38.3. The molecule has 10 aromatic carbocycles. The summed E-state index contributed by atoms with van der Waals surface area (Å²) >= 11 is 1.92. The number of para-hydroxylation sites is 2. The summed E-state index contributed by atoms with van der Waals surface area (Å²) in [6, 6.07) is 85.9. The monoisotopic (exact) mass is 886 g/mol. The summed E-state index contributed by atoms with van der Waals surface area (Å²) in [5, 5.41) is 2.54. The number of hydrogen-bond donors (Lipinski definition) is 0. The summed E-state index contributed by atoms with van der Waals surface area (Å²) in [5.74, 6) is 0. The third-order valence-corrected chi connectivity index (χ3v) is 15.3. The molecule has 0 amide bonds. The maximum Gasteiger partial charge on any atom is 0.249 e. The highest BCUT2D eigenvalue weighted by Gasteiger charge is 2.43. The van der Waals surface area contributed by atoms with Gasteiger partial charge in [0.2, 0.25) is 6.71 Å². The van der Waals surface area contributed by atoms with E-state index in [1.165, 1.54) is 115 Å². The molecule has 68 heavy (non-hydrogen) atoms. The van der Waals surface area contributed by atoms with Gasteiger partial charge in [0.15, 0.2) is 0 Å². The number of benzene rings is 10. The van der Waals surface area contributed by atoms with Crippen LogP contribution in [-0.4, -0.2) is 11.3 Å². The van der Waals surface area contributed by atoms with Crippen molar-refractivity contribution in [3.63, 3.8) is 0 Å². The minimum atomic E-state index is 0.00255.